The Hall–Kier alpha value is -1.35. The van der Waals surface area contributed by atoms with Crippen molar-refractivity contribution in [3.63, 3.8) is 0 Å². The number of amides is 1. The van der Waals surface area contributed by atoms with Gasteiger partial charge in [0.25, 0.3) is 0 Å². The molecule has 0 aliphatic carbocycles. The maximum Gasteiger partial charge on any atom is 0.227 e. The van der Waals surface area contributed by atoms with Crippen LogP contribution in [-0.2, 0) is 11.3 Å². The minimum absolute atomic E-state index is 0.0675. The predicted molar refractivity (Wildman–Crippen MR) is 84.4 cm³/mol. The van der Waals surface area contributed by atoms with Crippen LogP contribution in [0.1, 0.15) is 57.6 Å². The second kappa shape index (κ2) is 7.44. The van der Waals surface area contributed by atoms with Crippen LogP contribution in [0.2, 0.25) is 0 Å². The van der Waals surface area contributed by atoms with E-state index in [-0.39, 0.29) is 5.91 Å². The predicted octanol–water partition coefficient (Wildman–Crippen LogP) is 3.19. The largest absolute Gasteiger partial charge is 0.352 e. The van der Waals surface area contributed by atoms with Gasteiger partial charge < -0.3 is 11.1 Å². The normalized spacial score (nSPS) is 11.7. The Kier molecular flexibility index (Phi) is 6.21. The van der Waals surface area contributed by atoms with Crippen molar-refractivity contribution < 1.29 is 4.79 Å². The number of benzene rings is 1. The molecule has 1 rings (SSSR count). The minimum Gasteiger partial charge on any atom is -0.352 e. The van der Waals surface area contributed by atoms with Crippen LogP contribution in [0, 0.1) is 5.41 Å². The number of carbonyl (C=O) groups is 1. The van der Waals surface area contributed by atoms with Gasteiger partial charge in [0.05, 0.1) is 5.41 Å². The fraction of sp³-hybridized carbons (Fsp3) is 0.588. The Labute approximate surface area is 122 Å². The van der Waals surface area contributed by atoms with Crippen LogP contribution >= 0.6 is 0 Å². The number of nitrogens with two attached hydrogens (primary N) is 1. The second-order valence-electron chi connectivity index (χ2n) is 5.77. The van der Waals surface area contributed by atoms with Crippen molar-refractivity contribution in [1.29, 1.82) is 0 Å². The van der Waals surface area contributed by atoms with Crippen LogP contribution in [0.15, 0.2) is 24.3 Å². The highest BCUT2D eigenvalue weighted by Gasteiger charge is 2.32. The lowest BCUT2D eigenvalue weighted by Crippen LogP contribution is -2.45. The van der Waals surface area contributed by atoms with Crippen LogP contribution < -0.4 is 11.1 Å². The highest BCUT2D eigenvalue weighted by molar-refractivity contribution is 5.82. The number of hydrogen-bond acceptors (Lipinski definition) is 2. The molecule has 0 heterocycles. The molecule has 20 heavy (non-hydrogen) atoms. The van der Waals surface area contributed by atoms with Gasteiger partial charge in [-0.05, 0) is 29.9 Å². The van der Waals surface area contributed by atoms with E-state index in [1.807, 2.05) is 13.8 Å². The summed E-state index contributed by atoms with van der Waals surface area (Å²) in [6, 6.07) is 8.42. The summed E-state index contributed by atoms with van der Waals surface area (Å²) < 4.78 is 0. The Bertz CT molecular complexity index is 411. The van der Waals surface area contributed by atoms with Gasteiger partial charge in [-0.2, -0.15) is 0 Å². The lowest BCUT2D eigenvalue weighted by Gasteiger charge is -2.28. The third-order valence-electron chi connectivity index (χ3n) is 4.33. The van der Waals surface area contributed by atoms with E-state index >= 15 is 0 Å². The average molecular weight is 276 g/mol. The Morgan fingerprint density at radius 1 is 1.20 bits per heavy atom. The lowest BCUT2D eigenvalue weighted by atomic mass is 9.81. The lowest BCUT2D eigenvalue weighted by molar-refractivity contribution is -0.131. The zero-order valence-electron chi connectivity index (χ0n) is 13.2. The van der Waals surface area contributed by atoms with Crippen LogP contribution in [0.5, 0.6) is 0 Å². The fourth-order valence-electron chi connectivity index (χ4n) is 2.34. The summed E-state index contributed by atoms with van der Waals surface area (Å²) in [5.74, 6) is 0.599. The quantitative estimate of drug-likeness (QED) is 0.803. The second-order valence-corrected chi connectivity index (χ2v) is 5.77. The van der Waals surface area contributed by atoms with Gasteiger partial charge in [-0.3, -0.25) is 4.79 Å². The van der Waals surface area contributed by atoms with Crippen LogP contribution in [0.4, 0.5) is 0 Å². The molecule has 0 saturated carbocycles. The molecule has 0 atom stereocenters. The SMILES string of the molecule is CCC(CC)(CN)C(=O)NCc1ccc(C(C)C)cc1. The first-order valence-corrected chi connectivity index (χ1v) is 7.56. The molecule has 0 saturated heterocycles. The van der Waals surface area contributed by atoms with E-state index in [2.05, 4.69) is 43.4 Å². The van der Waals surface area contributed by atoms with E-state index in [9.17, 15) is 4.79 Å². The van der Waals surface area contributed by atoms with E-state index in [0.29, 0.717) is 19.0 Å². The first kappa shape index (κ1) is 16.7. The van der Waals surface area contributed by atoms with Crippen molar-refractivity contribution in [3.8, 4) is 0 Å². The van der Waals surface area contributed by atoms with Gasteiger partial charge in [-0.15, -0.1) is 0 Å². The van der Waals surface area contributed by atoms with Gasteiger partial charge in [0, 0.05) is 13.1 Å². The third-order valence-corrected chi connectivity index (χ3v) is 4.33. The summed E-state index contributed by atoms with van der Waals surface area (Å²) in [5.41, 5.74) is 7.82. The van der Waals surface area contributed by atoms with E-state index in [1.54, 1.807) is 0 Å². The monoisotopic (exact) mass is 276 g/mol. The van der Waals surface area contributed by atoms with Crippen LogP contribution in [0.3, 0.4) is 0 Å². The fourth-order valence-corrected chi connectivity index (χ4v) is 2.34. The molecule has 1 aromatic rings. The van der Waals surface area contributed by atoms with Gasteiger partial charge in [-0.25, -0.2) is 0 Å². The molecule has 1 aromatic carbocycles. The summed E-state index contributed by atoms with van der Waals surface area (Å²) in [4.78, 5) is 12.3. The minimum atomic E-state index is -0.419. The first-order chi connectivity index (χ1) is 9.49. The molecule has 0 aliphatic rings. The maximum atomic E-state index is 12.3. The van der Waals surface area contributed by atoms with Crippen molar-refractivity contribution >= 4 is 5.91 Å². The molecular formula is C17H28N2O. The van der Waals surface area contributed by atoms with E-state index < -0.39 is 5.41 Å². The molecule has 3 heteroatoms. The number of rotatable bonds is 7. The Balaban J connectivity index is 2.64. The van der Waals surface area contributed by atoms with Crippen molar-refractivity contribution in [3.05, 3.63) is 35.4 Å². The molecule has 3 nitrogen and oxygen atoms in total. The number of nitrogens with one attached hydrogen (secondary N) is 1. The summed E-state index contributed by atoms with van der Waals surface area (Å²) in [7, 11) is 0. The zero-order chi connectivity index (χ0) is 15.2. The standard InChI is InChI=1S/C17H28N2O/c1-5-17(6-2,12-18)16(20)19-11-14-7-9-15(10-8-14)13(3)4/h7-10,13H,5-6,11-12,18H2,1-4H3,(H,19,20). The van der Waals surface area contributed by atoms with Crippen molar-refractivity contribution in [2.45, 2.75) is 53.0 Å². The molecule has 112 valence electrons. The molecule has 0 unspecified atom stereocenters. The molecular weight excluding hydrogens is 248 g/mol. The molecule has 0 aromatic heterocycles. The molecule has 0 spiro atoms. The smallest absolute Gasteiger partial charge is 0.227 e. The van der Waals surface area contributed by atoms with Crippen LogP contribution in [-0.4, -0.2) is 12.5 Å². The zero-order valence-corrected chi connectivity index (χ0v) is 13.2. The summed E-state index contributed by atoms with van der Waals surface area (Å²) in [6.07, 6.45) is 1.55. The highest BCUT2D eigenvalue weighted by Crippen LogP contribution is 2.25. The number of carbonyl (C=O) groups excluding carboxylic acids is 1. The van der Waals surface area contributed by atoms with Crippen molar-refractivity contribution in [2.75, 3.05) is 6.54 Å². The van der Waals surface area contributed by atoms with Gasteiger partial charge in [0.1, 0.15) is 0 Å². The summed E-state index contributed by atoms with van der Waals surface area (Å²) in [6.45, 7) is 9.36. The molecule has 0 radical (unpaired) electrons. The summed E-state index contributed by atoms with van der Waals surface area (Å²) in [5, 5.41) is 3.02. The molecule has 0 fully saturated rings. The average Bonchev–Trinajstić information content (AvgIpc) is 2.48. The highest BCUT2D eigenvalue weighted by atomic mass is 16.2. The van der Waals surface area contributed by atoms with E-state index in [0.717, 1.165) is 18.4 Å². The van der Waals surface area contributed by atoms with Gasteiger partial charge >= 0.3 is 0 Å². The summed E-state index contributed by atoms with van der Waals surface area (Å²) >= 11 is 0. The van der Waals surface area contributed by atoms with Gasteiger partial charge in [0.2, 0.25) is 5.91 Å². The Morgan fingerprint density at radius 2 is 1.75 bits per heavy atom. The van der Waals surface area contributed by atoms with Gasteiger partial charge in [-0.1, -0.05) is 52.0 Å². The third kappa shape index (κ3) is 3.83. The van der Waals surface area contributed by atoms with Gasteiger partial charge in [0.15, 0.2) is 0 Å². The molecule has 1 amide bonds. The molecule has 0 bridgehead atoms. The van der Waals surface area contributed by atoms with Crippen molar-refractivity contribution in [2.24, 2.45) is 11.1 Å². The Morgan fingerprint density at radius 3 is 2.15 bits per heavy atom. The van der Waals surface area contributed by atoms with E-state index in [4.69, 9.17) is 5.73 Å². The molecule has 0 aliphatic heterocycles. The maximum absolute atomic E-state index is 12.3. The van der Waals surface area contributed by atoms with Crippen LogP contribution in [0.25, 0.3) is 0 Å². The number of hydrogen-bond donors (Lipinski definition) is 2. The van der Waals surface area contributed by atoms with Crippen molar-refractivity contribution in [1.82, 2.24) is 5.32 Å². The topological polar surface area (TPSA) is 55.1 Å². The molecule has 3 N–H and O–H groups in total. The van der Waals surface area contributed by atoms with E-state index in [1.165, 1.54) is 5.56 Å². The first-order valence-electron chi connectivity index (χ1n) is 7.56.